The summed E-state index contributed by atoms with van der Waals surface area (Å²) in [6.07, 6.45) is -4.32. The maximum atomic E-state index is 12.4. The first-order valence-corrected chi connectivity index (χ1v) is 6.75. The van der Waals surface area contributed by atoms with Crippen LogP contribution < -0.4 is 10.1 Å². The van der Waals surface area contributed by atoms with Crippen molar-refractivity contribution in [2.24, 2.45) is 0 Å². The van der Waals surface area contributed by atoms with Gasteiger partial charge in [-0.3, -0.25) is 0 Å². The minimum absolute atomic E-state index is 0.242. The van der Waals surface area contributed by atoms with Gasteiger partial charge in [0.25, 0.3) is 0 Å². The summed E-state index contributed by atoms with van der Waals surface area (Å²) in [5.41, 5.74) is 0.0787. The fraction of sp³-hybridized carbons (Fsp3) is 0.308. The summed E-state index contributed by atoms with van der Waals surface area (Å²) in [6, 6.07) is 4.62. The van der Waals surface area contributed by atoms with Gasteiger partial charge in [0.1, 0.15) is 17.4 Å². The molecule has 0 spiro atoms. The lowest BCUT2D eigenvalue weighted by atomic mass is 10.2. The number of ether oxygens (including phenoxy) is 1. The third kappa shape index (κ3) is 3.94. The van der Waals surface area contributed by atoms with E-state index in [1.54, 1.807) is 0 Å². The van der Waals surface area contributed by atoms with Gasteiger partial charge in [0.05, 0.1) is 11.3 Å². The second kappa shape index (κ2) is 6.23. The number of benzene rings is 1. The molecule has 0 saturated heterocycles. The van der Waals surface area contributed by atoms with Crippen molar-refractivity contribution >= 4 is 11.3 Å². The molecule has 3 nitrogen and oxygen atoms in total. The summed E-state index contributed by atoms with van der Waals surface area (Å²) >= 11 is 1.51. The van der Waals surface area contributed by atoms with E-state index < -0.39 is 11.7 Å². The maximum absolute atomic E-state index is 12.4. The minimum Gasteiger partial charge on any atom is -0.487 e. The van der Waals surface area contributed by atoms with Gasteiger partial charge >= 0.3 is 6.18 Å². The number of alkyl halides is 3. The third-order valence-corrected chi connectivity index (χ3v) is 3.39. The van der Waals surface area contributed by atoms with Crippen LogP contribution >= 0.6 is 11.3 Å². The zero-order valence-corrected chi connectivity index (χ0v) is 11.5. The molecule has 2 aromatic rings. The second-order valence-corrected chi connectivity index (χ2v) is 5.02. The first kappa shape index (κ1) is 14.8. The number of hydrogen-bond donors (Lipinski definition) is 1. The number of halogens is 3. The predicted octanol–water partition coefficient (Wildman–Crippen LogP) is 3.46. The lowest BCUT2D eigenvalue weighted by molar-refractivity contribution is -0.137. The quantitative estimate of drug-likeness (QED) is 0.918. The Morgan fingerprint density at radius 2 is 1.95 bits per heavy atom. The zero-order chi connectivity index (χ0) is 14.6. The summed E-state index contributed by atoms with van der Waals surface area (Å²) in [6.45, 7) is 0.927. The normalized spacial score (nSPS) is 11.6. The molecular weight excluding hydrogens is 289 g/mol. The Kier molecular flexibility index (Phi) is 4.61. The van der Waals surface area contributed by atoms with Crippen LogP contribution in [0, 0.1) is 0 Å². The first-order chi connectivity index (χ1) is 9.49. The molecule has 0 atom stereocenters. The third-order valence-electron chi connectivity index (χ3n) is 2.50. The summed E-state index contributed by atoms with van der Waals surface area (Å²) in [7, 11) is 1.83. The lowest BCUT2D eigenvalue weighted by Gasteiger charge is -2.08. The molecule has 108 valence electrons. The Bertz CT molecular complexity index is 551. The highest BCUT2D eigenvalue weighted by molar-refractivity contribution is 7.09. The number of nitrogens with one attached hydrogen (secondary N) is 1. The Labute approximate surface area is 118 Å². The Morgan fingerprint density at radius 3 is 2.55 bits per heavy atom. The molecule has 1 aromatic heterocycles. The molecule has 1 N–H and O–H groups in total. The van der Waals surface area contributed by atoms with Crippen molar-refractivity contribution in [2.75, 3.05) is 7.05 Å². The summed E-state index contributed by atoms with van der Waals surface area (Å²) < 4.78 is 42.6. The Morgan fingerprint density at radius 1 is 1.25 bits per heavy atom. The van der Waals surface area contributed by atoms with Gasteiger partial charge in [-0.15, -0.1) is 11.3 Å². The van der Waals surface area contributed by atoms with E-state index in [4.69, 9.17) is 4.74 Å². The van der Waals surface area contributed by atoms with E-state index in [1.807, 2.05) is 12.4 Å². The Hall–Kier alpha value is -1.60. The van der Waals surface area contributed by atoms with Crippen molar-refractivity contribution in [3.8, 4) is 5.75 Å². The summed E-state index contributed by atoms with van der Waals surface area (Å²) in [4.78, 5) is 4.32. The molecule has 0 bridgehead atoms. The summed E-state index contributed by atoms with van der Waals surface area (Å²) in [5.74, 6) is 0.390. The number of aromatic nitrogens is 1. The van der Waals surface area contributed by atoms with E-state index in [-0.39, 0.29) is 6.61 Å². The highest BCUT2D eigenvalue weighted by Gasteiger charge is 2.29. The van der Waals surface area contributed by atoms with Crippen molar-refractivity contribution in [2.45, 2.75) is 19.3 Å². The van der Waals surface area contributed by atoms with Gasteiger partial charge in [-0.2, -0.15) is 13.2 Å². The number of thiazole rings is 1. The van der Waals surface area contributed by atoms with E-state index in [2.05, 4.69) is 10.3 Å². The molecule has 1 aromatic carbocycles. The van der Waals surface area contributed by atoms with E-state index >= 15 is 0 Å². The number of hydrogen-bond acceptors (Lipinski definition) is 4. The molecule has 7 heteroatoms. The molecule has 0 fully saturated rings. The molecule has 0 amide bonds. The Balaban J connectivity index is 1.93. The van der Waals surface area contributed by atoms with E-state index in [9.17, 15) is 13.2 Å². The van der Waals surface area contributed by atoms with Crippen LogP contribution in [0.15, 0.2) is 29.6 Å². The highest BCUT2D eigenvalue weighted by atomic mass is 32.1. The molecule has 2 rings (SSSR count). The molecule has 0 saturated carbocycles. The number of nitrogens with zero attached hydrogens (tertiary/aromatic N) is 1. The standard InChI is InChI=1S/C13H13F3N2OS/c1-17-6-12-18-10(8-20-12)7-19-11-4-2-9(3-5-11)13(14,15)16/h2-5,8,17H,6-7H2,1H3. The average molecular weight is 302 g/mol. The largest absolute Gasteiger partial charge is 0.487 e. The van der Waals surface area contributed by atoms with E-state index in [0.717, 1.165) is 22.8 Å². The molecule has 0 aliphatic heterocycles. The topological polar surface area (TPSA) is 34.2 Å². The second-order valence-electron chi connectivity index (χ2n) is 4.07. The first-order valence-electron chi connectivity index (χ1n) is 5.87. The van der Waals surface area contributed by atoms with Crippen molar-refractivity contribution in [3.05, 3.63) is 45.9 Å². The molecule has 0 aliphatic carbocycles. The monoisotopic (exact) mass is 302 g/mol. The lowest BCUT2D eigenvalue weighted by Crippen LogP contribution is -2.05. The smallest absolute Gasteiger partial charge is 0.416 e. The average Bonchev–Trinajstić information content (AvgIpc) is 2.84. The molecule has 0 radical (unpaired) electrons. The van der Waals surface area contributed by atoms with Gasteiger partial charge in [0, 0.05) is 11.9 Å². The van der Waals surface area contributed by atoms with Gasteiger partial charge in [-0.1, -0.05) is 0 Å². The zero-order valence-electron chi connectivity index (χ0n) is 10.7. The molecular formula is C13H13F3N2OS. The van der Waals surface area contributed by atoms with Crippen LogP contribution in [0.5, 0.6) is 5.75 Å². The van der Waals surface area contributed by atoms with Crippen LogP contribution in [-0.2, 0) is 19.3 Å². The van der Waals surface area contributed by atoms with Gasteiger partial charge in [0.15, 0.2) is 0 Å². The van der Waals surface area contributed by atoms with E-state index in [1.165, 1.54) is 23.5 Å². The number of rotatable bonds is 5. The van der Waals surface area contributed by atoms with Crippen LogP contribution in [0.3, 0.4) is 0 Å². The predicted molar refractivity (Wildman–Crippen MR) is 70.7 cm³/mol. The van der Waals surface area contributed by atoms with Crippen molar-refractivity contribution in [3.63, 3.8) is 0 Å². The van der Waals surface area contributed by atoms with Gasteiger partial charge < -0.3 is 10.1 Å². The van der Waals surface area contributed by atoms with E-state index in [0.29, 0.717) is 12.3 Å². The SMILES string of the molecule is CNCc1nc(COc2ccc(C(F)(F)F)cc2)cs1. The van der Waals surface area contributed by atoms with Crippen molar-refractivity contribution in [1.82, 2.24) is 10.3 Å². The minimum atomic E-state index is -4.32. The van der Waals surface area contributed by atoms with Gasteiger partial charge in [-0.25, -0.2) is 4.98 Å². The van der Waals surface area contributed by atoms with Crippen molar-refractivity contribution in [1.29, 1.82) is 0 Å². The summed E-state index contributed by atoms with van der Waals surface area (Å²) in [5, 5.41) is 5.81. The van der Waals surface area contributed by atoms with Crippen molar-refractivity contribution < 1.29 is 17.9 Å². The molecule has 0 unspecified atom stereocenters. The fourth-order valence-electron chi connectivity index (χ4n) is 1.55. The molecule has 1 heterocycles. The van der Waals surface area contributed by atoms with Crippen LogP contribution in [0.2, 0.25) is 0 Å². The van der Waals surface area contributed by atoms with Gasteiger partial charge in [-0.05, 0) is 31.3 Å². The maximum Gasteiger partial charge on any atom is 0.416 e. The highest BCUT2D eigenvalue weighted by Crippen LogP contribution is 2.30. The van der Waals surface area contributed by atoms with Crippen LogP contribution in [0.25, 0.3) is 0 Å². The van der Waals surface area contributed by atoms with Crippen LogP contribution in [0.4, 0.5) is 13.2 Å². The molecule has 20 heavy (non-hydrogen) atoms. The fourth-order valence-corrected chi connectivity index (χ4v) is 2.34. The van der Waals surface area contributed by atoms with Crippen LogP contribution in [0.1, 0.15) is 16.3 Å². The van der Waals surface area contributed by atoms with Crippen LogP contribution in [-0.4, -0.2) is 12.0 Å². The molecule has 0 aliphatic rings. The van der Waals surface area contributed by atoms with Gasteiger partial charge in [0.2, 0.25) is 0 Å².